The van der Waals surface area contributed by atoms with E-state index in [2.05, 4.69) is 46.0 Å². The number of pyridine rings is 1. The summed E-state index contributed by atoms with van der Waals surface area (Å²) in [6, 6.07) is 12.8. The number of nitrogens with zero attached hydrogens (tertiary/aromatic N) is 4. The van der Waals surface area contributed by atoms with Gasteiger partial charge in [-0.2, -0.15) is 0 Å². The summed E-state index contributed by atoms with van der Waals surface area (Å²) in [5, 5.41) is 1.66. The number of hydrogen-bond donors (Lipinski definition) is 0. The van der Waals surface area contributed by atoms with E-state index in [4.69, 9.17) is 14.5 Å². The maximum Gasteiger partial charge on any atom is 0.160 e. The van der Waals surface area contributed by atoms with Gasteiger partial charge in [-0.1, -0.05) is 30.8 Å². The largest absolute Gasteiger partial charge is 0.496 e. The zero-order chi connectivity index (χ0) is 19.8. The van der Waals surface area contributed by atoms with Crippen LogP contribution in [0.1, 0.15) is 30.3 Å². The van der Waals surface area contributed by atoms with E-state index in [0.29, 0.717) is 5.25 Å². The van der Waals surface area contributed by atoms with Gasteiger partial charge in [0, 0.05) is 48.4 Å². The lowest BCUT2D eigenvalue weighted by Gasteiger charge is -2.31. The smallest absolute Gasteiger partial charge is 0.160 e. The highest BCUT2D eigenvalue weighted by atomic mass is 32.2. The first-order valence-electron chi connectivity index (χ1n) is 10.2. The van der Waals surface area contributed by atoms with Crippen LogP contribution in [-0.2, 0) is 4.74 Å². The minimum Gasteiger partial charge on any atom is -0.496 e. The van der Waals surface area contributed by atoms with E-state index in [1.54, 1.807) is 7.11 Å². The third kappa shape index (κ3) is 3.46. The van der Waals surface area contributed by atoms with Gasteiger partial charge in [-0.15, -0.1) is 0 Å². The predicted molar refractivity (Wildman–Crippen MR) is 117 cm³/mol. The summed E-state index contributed by atoms with van der Waals surface area (Å²) < 4.78 is 11.4. The summed E-state index contributed by atoms with van der Waals surface area (Å²) in [4.78, 5) is 14.5. The molecule has 0 amide bonds. The van der Waals surface area contributed by atoms with Crippen LogP contribution in [0.15, 0.2) is 47.6 Å². The number of methoxy groups -OCH3 is 1. The Hall–Kier alpha value is -2.25. The molecule has 6 nitrogen and oxygen atoms in total. The molecule has 152 valence electrons. The Labute approximate surface area is 175 Å². The molecule has 0 N–H and O–H groups in total. The maximum absolute atomic E-state index is 5.89. The lowest BCUT2D eigenvalue weighted by Crippen LogP contribution is -2.36. The SMILES string of the molecule is COc1cc(N2CCOCC2)ccc1C1C(c2ccccn2)N=C2SC(C)CN21. The van der Waals surface area contributed by atoms with Gasteiger partial charge in [0.05, 0.1) is 32.1 Å². The molecule has 3 atom stereocenters. The molecule has 1 aromatic carbocycles. The second kappa shape index (κ2) is 7.88. The fourth-order valence-electron chi connectivity index (χ4n) is 4.42. The molecule has 5 rings (SSSR count). The van der Waals surface area contributed by atoms with Gasteiger partial charge in [-0.05, 0) is 18.2 Å². The van der Waals surface area contributed by atoms with Crippen LogP contribution < -0.4 is 9.64 Å². The number of morpholine rings is 1. The molecule has 2 saturated heterocycles. The number of ether oxygens (including phenoxy) is 2. The van der Waals surface area contributed by atoms with E-state index in [1.165, 1.54) is 11.3 Å². The van der Waals surface area contributed by atoms with E-state index in [9.17, 15) is 0 Å². The highest BCUT2D eigenvalue weighted by Gasteiger charge is 2.44. The summed E-state index contributed by atoms with van der Waals surface area (Å²) in [5.41, 5.74) is 3.37. The number of aromatic nitrogens is 1. The molecule has 2 aromatic rings. The van der Waals surface area contributed by atoms with E-state index in [0.717, 1.165) is 49.5 Å². The normalized spacial score (nSPS) is 26.4. The number of rotatable bonds is 4. The molecule has 3 unspecified atom stereocenters. The minimum atomic E-state index is -0.0191. The topological polar surface area (TPSA) is 50.2 Å². The number of aliphatic imine (C=N–C) groups is 1. The fraction of sp³-hybridized carbons (Fsp3) is 0.455. The van der Waals surface area contributed by atoms with Gasteiger partial charge in [0.1, 0.15) is 11.8 Å². The van der Waals surface area contributed by atoms with E-state index >= 15 is 0 Å². The van der Waals surface area contributed by atoms with Crippen molar-refractivity contribution in [3.63, 3.8) is 0 Å². The predicted octanol–water partition coefficient (Wildman–Crippen LogP) is 3.52. The fourth-order valence-corrected chi connectivity index (χ4v) is 5.51. The maximum atomic E-state index is 5.89. The molecule has 3 aliphatic rings. The van der Waals surface area contributed by atoms with Crippen molar-refractivity contribution in [1.82, 2.24) is 9.88 Å². The average Bonchev–Trinajstić information content (AvgIpc) is 3.30. The molecule has 2 fully saturated rings. The average molecular weight is 411 g/mol. The first-order valence-corrected chi connectivity index (χ1v) is 11.0. The first kappa shape index (κ1) is 18.8. The van der Waals surface area contributed by atoms with Gasteiger partial charge in [-0.3, -0.25) is 9.98 Å². The second-order valence-corrected chi connectivity index (χ2v) is 9.07. The van der Waals surface area contributed by atoms with Gasteiger partial charge in [0.2, 0.25) is 0 Å². The molecule has 1 aromatic heterocycles. The number of benzene rings is 1. The second-order valence-electron chi connectivity index (χ2n) is 7.66. The van der Waals surface area contributed by atoms with Crippen LogP contribution in [-0.4, -0.2) is 60.3 Å². The Balaban J connectivity index is 1.53. The summed E-state index contributed by atoms with van der Waals surface area (Å²) in [6.45, 7) is 6.62. The van der Waals surface area contributed by atoms with Gasteiger partial charge < -0.3 is 19.3 Å². The van der Waals surface area contributed by atoms with Crippen LogP contribution in [0.5, 0.6) is 5.75 Å². The molecule has 0 aliphatic carbocycles. The van der Waals surface area contributed by atoms with Gasteiger partial charge >= 0.3 is 0 Å². The molecular formula is C22H26N4O2S. The van der Waals surface area contributed by atoms with Crippen molar-refractivity contribution in [2.75, 3.05) is 44.9 Å². The third-order valence-electron chi connectivity index (χ3n) is 5.79. The molecule has 3 aliphatic heterocycles. The van der Waals surface area contributed by atoms with Crippen molar-refractivity contribution in [2.24, 2.45) is 4.99 Å². The van der Waals surface area contributed by atoms with Crippen LogP contribution in [0, 0.1) is 0 Å². The Morgan fingerprint density at radius 2 is 2.03 bits per heavy atom. The molecule has 4 heterocycles. The summed E-state index contributed by atoms with van der Waals surface area (Å²) in [6.07, 6.45) is 1.85. The zero-order valence-corrected chi connectivity index (χ0v) is 17.6. The van der Waals surface area contributed by atoms with E-state index in [1.807, 2.05) is 30.1 Å². The van der Waals surface area contributed by atoms with E-state index in [-0.39, 0.29) is 12.1 Å². The number of anilines is 1. The number of hydrogen-bond acceptors (Lipinski definition) is 7. The Kier molecular flexibility index (Phi) is 5.09. The highest BCUT2D eigenvalue weighted by Crippen LogP contribution is 2.49. The van der Waals surface area contributed by atoms with Crippen LogP contribution in [0.3, 0.4) is 0 Å². The first-order chi connectivity index (χ1) is 14.2. The van der Waals surface area contributed by atoms with Crippen LogP contribution in [0.4, 0.5) is 5.69 Å². The molecule has 0 bridgehead atoms. The monoisotopic (exact) mass is 410 g/mol. The van der Waals surface area contributed by atoms with E-state index < -0.39 is 0 Å². The molecule has 0 radical (unpaired) electrons. The Bertz CT molecular complexity index is 901. The Morgan fingerprint density at radius 3 is 2.79 bits per heavy atom. The van der Waals surface area contributed by atoms with Crippen molar-refractivity contribution in [3.05, 3.63) is 53.9 Å². The third-order valence-corrected chi connectivity index (χ3v) is 6.90. The van der Waals surface area contributed by atoms with Crippen molar-refractivity contribution in [2.45, 2.75) is 24.3 Å². The zero-order valence-electron chi connectivity index (χ0n) is 16.8. The summed E-state index contributed by atoms with van der Waals surface area (Å²) >= 11 is 1.86. The van der Waals surface area contributed by atoms with Gasteiger partial charge in [0.25, 0.3) is 0 Å². The minimum absolute atomic E-state index is 0.0191. The number of amidine groups is 1. The summed E-state index contributed by atoms with van der Waals surface area (Å²) in [5.74, 6) is 0.918. The van der Waals surface area contributed by atoms with Crippen LogP contribution in [0.25, 0.3) is 0 Å². The molecular weight excluding hydrogens is 384 g/mol. The highest BCUT2D eigenvalue weighted by molar-refractivity contribution is 8.14. The quantitative estimate of drug-likeness (QED) is 0.769. The standard InChI is InChI=1S/C22H26N4O2S/c1-15-14-26-21(20(24-22(26)29-15)18-5-3-4-8-23-18)17-7-6-16(13-19(17)27-2)25-9-11-28-12-10-25/h3-8,13,15,20-21H,9-12,14H2,1-2H3. The number of thioether (sulfide) groups is 1. The van der Waals surface area contributed by atoms with Gasteiger partial charge in [-0.25, -0.2) is 0 Å². The molecule has 0 spiro atoms. The van der Waals surface area contributed by atoms with Gasteiger partial charge in [0.15, 0.2) is 5.17 Å². The molecule has 29 heavy (non-hydrogen) atoms. The lowest BCUT2D eigenvalue weighted by atomic mass is 9.95. The molecule has 7 heteroatoms. The molecule has 0 saturated carbocycles. The van der Waals surface area contributed by atoms with Crippen molar-refractivity contribution in [3.8, 4) is 5.75 Å². The Morgan fingerprint density at radius 1 is 1.17 bits per heavy atom. The number of fused-ring (bicyclic) bond motifs is 1. The van der Waals surface area contributed by atoms with Crippen molar-refractivity contribution < 1.29 is 9.47 Å². The lowest BCUT2D eigenvalue weighted by molar-refractivity contribution is 0.122. The van der Waals surface area contributed by atoms with Crippen molar-refractivity contribution >= 4 is 22.6 Å². The summed E-state index contributed by atoms with van der Waals surface area (Å²) in [7, 11) is 1.76. The van der Waals surface area contributed by atoms with Crippen LogP contribution >= 0.6 is 11.8 Å². The van der Waals surface area contributed by atoms with Crippen LogP contribution in [0.2, 0.25) is 0 Å². The van der Waals surface area contributed by atoms with Crippen molar-refractivity contribution in [1.29, 1.82) is 0 Å².